The standard InChI is InChI=1S/C18H18FNO2/c1-12(2)20-10-13(16-7-4-8-17(21)18(16)20)11-22-15-6-3-5-14(19)9-15/h3-10,12,21H,11H2,1-2H3. The molecule has 0 unspecified atom stereocenters. The van der Waals surface area contributed by atoms with Gasteiger partial charge in [0.15, 0.2) is 0 Å². The molecule has 0 aliphatic carbocycles. The van der Waals surface area contributed by atoms with Crippen LogP contribution in [0.25, 0.3) is 10.9 Å². The molecule has 22 heavy (non-hydrogen) atoms. The van der Waals surface area contributed by atoms with E-state index in [0.717, 1.165) is 16.5 Å². The van der Waals surface area contributed by atoms with Crippen molar-refractivity contribution in [1.29, 1.82) is 0 Å². The fraction of sp³-hybridized carbons (Fsp3) is 0.222. The average molecular weight is 299 g/mol. The van der Waals surface area contributed by atoms with E-state index >= 15 is 0 Å². The van der Waals surface area contributed by atoms with E-state index in [1.165, 1.54) is 12.1 Å². The predicted octanol–water partition coefficient (Wildman–Crippen LogP) is 4.65. The van der Waals surface area contributed by atoms with Gasteiger partial charge in [0.05, 0.1) is 5.52 Å². The van der Waals surface area contributed by atoms with E-state index in [9.17, 15) is 9.50 Å². The summed E-state index contributed by atoms with van der Waals surface area (Å²) in [5.74, 6) is 0.425. The van der Waals surface area contributed by atoms with Crippen molar-refractivity contribution in [2.24, 2.45) is 0 Å². The highest BCUT2D eigenvalue weighted by Crippen LogP contribution is 2.32. The number of benzene rings is 2. The Morgan fingerprint density at radius 1 is 1.18 bits per heavy atom. The SMILES string of the molecule is CC(C)n1cc(COc2cccc(F)c2)c2cccc(O)c21. The van der Waals surface area contributed by atoms with E-state index in [4.69, 9.17) is 4.74 Å². The van der Waals surface area contributed by atoms with Crippen LogP contribution in [-0.2, 0) is 6.61 Å². The summed E-state index contributed by atoms with van der Waals surface area (Å²) in [6.07, 6.45) is 1.98. The van der Waals surface area contributed by atoms with Crippen LogP contribution in [0.3, 0.4) is 0 Å². The minimum atomic E-state index is -0.320. The van der Waals surface area contributed by atoms with E-state index in [0.29, 0.717) is 12.4 Å². The van der Waals surface area contributed by atoms with Crippen molar-refractivity contribution in [2.45, 2.75) is 26.5 Å². The van der Waals surface area contributed by atoms with Crippen LogP contribution in [0.2, 0.25) is 0 Å². The third kappa shape index (κ3) is 2.64. The highest BCUT2D eigenvalue weighted by atomic mass is 19.1. The van der Waals surface area contributed by atoms with Crippen molar-refractivity contribution in [3.8, 4) is 11.5 Å². The number of hydrogen-bond donors (Lipinski definition) is 1. The monoisotopic (exact) mass is 299 g/mol. The molecule has 0 saturated carbocycles. The topological polar surface area (TPSA) is 34.4 Å². The molecule has 3 aromatic rings. The number of para-hydroxylation sites is 1. The van der Waals surface area contributed by atoms with Gasteiger partial charge in [-0.15, -0.1) is 0 Å². The van der Waals surface area contributed by atoms with Gasteiger partial charge in [-0.1, -0.05) is 18.2 Å². The number of aromatic nitrogens is 1. The van der Waals surface area contributed by atoms with Crippen LogP contribution in [0.1, 0.15) is 25.5 Å². The smallest absolute Gasteiger partial charge is 0.139 e. The number of rotatable bonds is 4. The zero-order valence-electron chi connectivity index (χ0n) is 12.6. The first-order valence-electron chi connectivity index (χ1n) is 7.26. The van der Waals surface area contributed by atoms with Crippen LogP contribution in [0.4, 0.5) is 4.39 Å². The molecule has 1 aromatic heterocycles. The second kappa shape index (κ2) is 5.72. The predicted molar refractivity (Wildman–Crippen MR) is 84.7 cm³/mol. The molecule has 4 heteroatoms. The molecule has 2 aromatic carbocycles. The molecule has 0 aliphatic rings. The van der Waals surface area contributed by atoms with Crippen LogP contribution in [0.15, 0.2) is 48.7 Å². The summed E-state index contributed by atoms with van der Waals surface area (Å²) < 4.78 is 20.9. The number of halogens is 1. The van der Waals surface area contributed by atoms with Crippen LogP contribution in [0.5, 0.6) is 11.5 Å². The molecule has 0 bridgehead atoms. The maximum absolute atomic E-state index is 13.2. The highest BCUT2D eigenvalue weighted by molar-refractivity contribution is 5.89. The Balaban J connectivity index is 1.96. The van der Waals surface area contributed by atoms with Crippen LogP contribution >= 0.6 is 0 Å². The molecule has 0 atom stereocenters. The van der Waals surface area contributed by atoms with Gasteiger partial charge in [-0.3, -0.25) is 0 Å². The second-order valence-corrected chi connectivity index (χ2v) is 5.57. The molecule has 1 N–H and O–H groups in total. The third-order valence-electron chi connectivity index (χ3n) is 3.66. The van der Waals surface area contributed by atoms with Crippen molar-refractivity contribution >= 4 is 10.9 Å². The van der Waals surface area contributed by atoms with Crippen molar-refractivity contribution in [1.82, 2.24) is 4.57 Å². The Labute approximate surface area is 128 Å². The van der Waals surface area contributed by atoms with E-state index in [2.05, 4.69) is 13.8 Å². The Bertz CT molecular complexity index is 808. The normalized spacial score (nSPS) is 11.3. The molecule has 0 aliphatic heterocycles. The van der Waals surface area contributed by atoms with Gasteiger partial charge in [0.25, 0.3) is 0 Å². The van der Waals surface area contributed by atoms with Crippen molar-refractivity contribution in [2.75, 3.05) is 0 Å². The zero-order chi connectivity index (χ0) is 15.7. The number of hydrogen-bond acceptors (Lipinski definition) is 2. The van der Waals surface area contributed by atoms with Gasteiger partial charge in [-0.2, -0.15) is 0 Å². The fourth-order valence-electron chi connectivity index (χ4n) is 2.60. The van der Waals surface area contributed by atoms with Gasteiger partial charge >= 0.3 is 0 Å². The molecule has 0 spiro atoms. The highest BCUT2D eigenvalue weighted by Gasteiger charge is 2.14. The lowest BCUT2D eigenvalue weighted by Gasteiger charge is -2.09. The molecule has 1 heterocycles. The number of phenolic OH excluding ortho intramolecular Hbond substituents is 1. The Morgan fingerprint density at radius 2 is 1.95 bits per heavy atom. The van der Waals surface area contributed by atoms with Crippen molar-refractivity contribution in [3.63, 3.8) is 0 Å². The van der Waals surface area contributed by atoms with E-state index in [1.807, 2.05) is 22.9 Å². The molecule has 3 nitrogen and oxygen atoms in total. The van der Waals surface area contributed by atoms with Gasteiger partial charge in [-0.25, -0.2) is 4.39 Å². The van der Waals surface area contributed by atoms with Crippen LogP contribution in [-0.4, -0.2) is 9.67 Å². The Kier molecular flexibility index (Phi) is 3.75. The number of aromatic hydroxyl groups is 1. The second-order valence-electron chi connectivity index (χ2n) is 5.57. The van der Waals surface area contributed by atoms with Crippen LogP contribution < -0.4 is 4.74 Å². The summed E-state index contributed by atoms with van der Waals surface area (Å²) in [6.45, 7) is 4.44. The minimum absolute atomic E-state index is 0.221. The summed E-state index contributed by atoms with van der Waals surface area (Å²) >= 11 is 0. The molecule has 0 radical (unpaired) electrons. The van der Waals surface area contributed by atoms with Gasteiger partial charge in [0, 0.05) is 29.3 Å². The lowest BCUT2D eigenvalue weighted by Crippen LogP contribution is -1.99. The molecule has 0 fully saturated rings. The average Bonchev–Trinajstić information content (AvgIpc) is 2.86. The Morgan fingerprint density at radius 3 is 2.68 bits per heavy atom. The van der Waals surface area contributed by atoms with Gasteiger partial charge in [-0.05, 0) is 32.0 Å². The van der Waals surface area contributed by atoms with Gasteiger partial charge in [0.1, 0.15) is 23.9 Å². The summed E-state index contributed by atoms with van der Waals surface area (Å²) in [5, 5.41) is 11.1. The molecule has 3 rings (SSSR count). The summed E-state index contributed by atoms with van der Waals surface area (Å²) in [6, 6.07) is 11.8. The number of ether oxygens (including phenoxy) is 1. The molecule has 114 valence electrons. The summed E-state index contributed by atoms with van der Waals surface area (Å²) in [7, 11) is 0. The summed E-state index contributed by atoms with van der Waals surface area (Å²) in [5.41, 5.74) is 1.76. The third-order valence-corrected chi connectivity index (χ3v) is 3.66. The summed E-state index contributed by atoms with van der Waals surface area (Å²) in [4.78, 5) is 0. The van der Waals surface area contributed by atoms with E-state index < -0.39 is 0 Å². The lowest BCUT2D eigenvalue weighted by molar-refractivity contribution is 0.305. The quantitative estimate of drug-likeness (QED) is 0.761. The first-order chi connectivity index (χ1) is 10.6. The minimum Gasteiger partial charge on any atom is -0.506 e. The first kappa shape index (κ1) is 14.4. The number of fused-ring (bicyclic) bond motifs is 1. The fourth-order valence-corrected chi connectivity index (χ4v) is 2.60. The molecular weight excluding hydrogens is 281 g/mol. The van der Waals surface area contributed by atoms with E-state index in [-0.39, 0.29) is 17.6 Å². The zero-order valence-corrected chi connectivity index (χ0v) is 12.6. The van der Waals surface area contributed by atoms with Crippen molar-refractivity contribution in [3.05, 3.63) is 60.0 Å². The van der Waals surface area contributed by atoms with E-state index in [1.54, 1.807) is 18.2 Å². The number of phenols is 1. The molecule has 0 amide bonds. The molecular formula is C18H18FNO2. The maximum Gasteiger partial charge on any atom is 0.139 e. The molecule has 0 saturated heterocycles. The van der Waals surface area contributed by atoms with Crippen LogP contribution in [0, 0.1) is 5.82 Å². The van der Waals surface area contributed by atoms with Gasteiger partial charge in [0.2, 0.25) is 0 Å². The number of nitrogens with zero attached hydrogens (tertiary/aromatic N) is 1. The largest absolute Gasteiger partial charge is 0.506 e. The van der Waals surface area contributed by atoms with Gasteiger partial charge < -0.3 is 14.4 Å². The Hall–Kier alpha value is -2.49. The lowest BCUT2D eigenvalue weighted by atomic mass is 10.2. The first-order valence-corrected chi connectivity index (χ1v) is 7.26. The maximum atomic E-state index is 13.2. The van der Waals surface area contributed by atoms with Crippen molar-refractivity contribution < 1.29 is 14.2 Å².